The number of rotatable bonds is 5. The Hall–Kier alpha value is -2.30. The summed E-state index contributed by atoms with van der Waals surface area (Å²) in [4.78, 5) is 17.7. The van der Waals surface area contributed by atoms with Gasteiger partial charge in [0, 0.05) is 5.56 Å². The number of imidazole rings is 1. The van der Waals surface area contributed by atoms with Crippen LogP contribution in [-0.4, -0.2) is 27.7 Å². The van der Waals surface area contributed by atoms with Crippen molar-refractivity contribution < 1.29 is 14.6 Å². The predicted molar refractivity (Wildman–Crippen MR) is 66.5 cm³/mol. The van der Waals surface area contributed by atoms with Crippen LogP contribution in [0.2, 0.25) is 0 Å². The minimum atomic E-state index is -0.883. The van der Waals surface area contributed by atoms with Crippen molar-refractivity contribution in [1.29, 1.82) is 0 Å². The topological polar surface area (TPSA) is 75.2 Å². The molecule has 1 aromatic heterocycles. The number of hydrogen-bond donors (Lipinski definition) is 2. The molecule has 0 amide bonds. The predicted octanol–water partition coefficient (Wildman–Crippen LogP) is 2.10. The Bertz CT molecular complexity index is 531. The zero-order valence-electron chi connectivity index (χ0n) is 10.0. The number of benzene rings is 1. The number of aliphatic carboxylic acids is 1. The van der Waals surface area contributed by atoms with Crippen LogP contribution in [0.25, 0.3) is 11.3 Å². The second kappa shape index (κ2) is 5.35. The maximum absolute atomic E-state index is 10.7. The Morgan fingerprint density at radius 2 is 2.11 bits per heavy atom. The highest BCUT2D eigenvalue weighted by atomic mass is 16.5. The first-order valence-electron chi connectivity index (χ1n) is 5.68. The van der Waals surface area contributed by atoms with Crippen molar-refractivity contribution >= 4 is 5.97 Å². The fraction of sp³-hybridized carbons (Fsp3) is 0.231. The van der Waals surface area contributed by atoms with Crippen molar-refractivity contribution in [3.63, 3.8) is 0 Å². The third-order valence-electron chi connectivity index (χ3n) is 2.49. The molecule has 0 unspecified atom stereocenters. The number of carboxylic acid groups (broad SMARTS) is 1. The van der Waals surface area contributed by atoms with Crippen LogP contribution in [0.3, 0.4) is 0 Å². The lowest BCUT2D eigenvalue weighted by Crippen LogP contribution is -2.01. The van der Waals surface area contributed by atoms with Gasteiger partial charge in [-0.3, -0.25) is 4.79 Å². The Kier molecular flexibility index (Phi) is 3.62. The summed E-state index contributed by atoms with van der Waals surface area (Å²) < 4.78 is 5.35. The monoisotopic (exact) mass is 246 g/mol. The molecule has 0 spiro atoms. The van der Waals surface area contributed by atoms with Gasteiger partial charge >= 0.3 is 5.97 Å². The molecule has 18 heavy (non-hydrogen) atoms. The van der Waals surface area contributed by atoms with Gasteiger partial charge in [-0.2, -0.15) is 0 Å². The molecule has 0 bridgehead atoms. The summed E-state index contributed by atoms with van der Waals surface area (Å²) in [5.74, 6) is -0.0944. The summed E-state index contributed by atoms with van der Waals surface area (Å²) in [7, 11) is 0. The van der Waals surface area contributed by atoms with Gasteiger partial charge in [0.25, 0.3) is 0 Å². The van der Waals surface area contributed by atoms with E-state index in [4.69, 9.17) is 9.84 Å². The number of nitrogens with one attached hydrogen (secondary N) is 1. The van der Waals surface area contributed by atoms with Crippen LogP contribution in [-0.2, 0) is 11.2 Å². The molecule has 5 heteroatoms. The number of carboxylic acids is 1. The number of aromatic amines is 1. The van der Waals surface area contributed by atoms with Gasteiger partial charge in [-0.15, -0.1) is 0 Å². The molecule has 1 aromatic carbocycles. The second-order valence-corrected chi connectivity index (χ2v) is 3.76. The first kappa shape index (κ1) is 12.2. The first-order chi connectivity index (χ1) is 8.70. The number of hydrogen-bond acceptors (Lipinski definition) is 3. The maximum atomic E-state index is 10.7. The molecule has 0 radical (unpaired) electrons. The molecule has 2 aromatic rings. The van der Waals surface area contributed by atoms with Crippen LogP contribution in [0.15, 0.2) is 30.6 Å². The van der Waals surface area contributed by atoms with Crippen molar-refractivity contribution in [2.24, 2.45) is 0 Å². The molecule has 0 aliphatic carbocycles. The Morgan fingerprint density at radius 1 is 1.39 bits per heavy atom. The molecular weight excluding hydrogens is 232 g/mol. The normalized spacial score (nSPS) is 10.3. The number of carbonyl (C=O) groups is 1. The number of ether oxygens (including phenoxy) is 1. The molecule has 0 fully saturated rings. The lowest BCUT2D eigenvalue weighted by molar-refractivity contribution is -0.136. The molecule has 0 saturated carbocycles. The van der Waals surface area contributed by atoms with Crippen LogP contribution < -0.4 is 4.74 Å². The van der Waals surface area contributed by atoms with Gasteiger partial charge in [0.15, 0.2) is 0 Å². The van der Waals surface area contributed by atoms with Crippen molar-refractivity contribution in [3.05, 3.63) is 36.3 Å². The van der Waals surface area contributed by atoms with E-state index in [-0.39, 0.29) is 6.42 Å². The molecule has 5 nitrogen and oxygen atoms in total. The van der Waals surface area contributed by atoms with Gasteiger partial charge in [-0.1, -0.05) is 0 Å². The average Bonchev–Trinajstić information content (AvgIpc) is 2.78. The largest absolute Gasteiger partial charge is 0.494 e. The summed E-state index contributed by atoms with van der Waals surface area (Å²) in [6.45, 7) is 2.54. The zero-order chi connectivity index (χ0) is 13.0. The van der Waals surface area contributed by atoms with Gasteiger partial charge in [0.1, 0.15) is 5.75 Å². The smallest absolute Gasteiger partial charge is 0.309 e. The van der Waals surface area contributed by atoms with Crippen molar-refractivity contribution in [2.45, 2.75) is 13.3 Å². The van der Waals surface area contributed by atoms with E-state index >= 15 is 0 Å². The summed E-state index contributed by atoms with van der Waals surface area (Å²) >= 11 is 0. The third kappa shape index (κ3) is 2.68. The Morgan fingerprint density at radius 3 is 2.72 bits per heavy atom. The van der Waals surface area contributed by atoms with Crippen LogP contribution in [0.5, 0.6) is 5.75 Å². The summed E-state index contributed by atoms with van der Waals surface area (Å²) in [5, 5.41) is 8.80. The fourth-order valence-electron chi connectivity index (χ4n) is 1.73. The summed E-state index contributed by atoms with van der Waals surface area (Å²) in [5.41, 5.74) is 2.14. The van der Waals surface area contributed by atoms with E-state index in [0.717, 1.165) is 11.3 Å². The van der Waals surface area contributed by atoms with Gasteiger partial charge in [-0.05, 0) is 31.2 Å². The highest BCUT2D eigenvalue weighted by Crippen LogP contribution is 2.23. The van der Waals surface area contributed by atoms with E-state index in [0.29, 0.717) is 18.0 Å². The highest BCUT2D eigenvalue weighted by molar-refractivity contribution is 5.74. The highest BCUT2D eigenvalue weighted by Gasteiger charge is 2.11. The summed E-state index contributed by atoms with van der Waals surface area (Å²) in [6, 6.07) is 7.43. The quantitative estimate of drug-likeness (QED) is 0.847. The van der Waals surface area contributed by atoms with Crippen LogP contribution in [0.1, 0.15) is 12.6 Å². The molecule has 0 aliphatic rings. The lowest BCUT2D eigenvalue weighted by atomic mass is 10.1. The van der Waals surface area contributed by atoms with Gasteiger partial charge in [0.2, 0.25) is 0 Å². The number of aromatic nitrogens is 2. The van der Waals surface area contributed by atoms with Crippen LogP contribution in [0, 0.1) is 0 Å². The SMILES string of the molecule is CCOc1ccc(-c2nc[nH]c2CC(=O)O)cc1. The number of H-pyrrole nitrogens is 1. The molecule has 2 N–H and O–H groups in total. The van der Waals surface area contributed by atoms with Gasteiger partial charge in [-0.25, -0.2) is 4.98 Å². The standard InChI is InChI=1S/C13H14N2O3/c1-2-18-10-5-3-9(4-6-10)13-11(7-12(16)17)14-8-15-13/h3-6,8H,2,7H2,1H3,(H,14,15)(H,16,17). The second-order valence-electron chi connectivity index (χ2n) is 3.76. The first-order valence-corrected chi connectivity index (χ1v) is 5.68. The van der Waals surface area contributed by atoms with Crippen LogP contribution in [0.4, 0.5) is 0 Å². The average molecular weight is 246 g/mol. The number of nitrogens with zero attached hydrogens (tertiary/aromatic N) is 1. The van der Waals surface area contributed by atoms with Crippen molar-refractivity contribution in [1.82, 2.24) is 9.97 Å². The Labute approximate surface area is 104 Å². The third-order valence-corrected chi connectivity index (χ3v) is 2.49. The molecule has 94 valence electrons. The summed E-state index contributed by atoms with van der Waals surface area (Å²) in [6.07, 6.45) is 1.44. The van der Waals surface area contributed by atoms with Crippen molar-refractivity contribution in [3.8, 4) is 17.0 Å². The minimum absolute atomic E-state index is 0.0669. The maximum Gasteiger partial charge on any atom is 0.309 e. The zero-order valence-corrected chi connectivity index (χ0v) is 10.0. The molecule has 0 saturated heterocycles. The fourth-order valence-corrected chi connectivity index (χ4v) is 1.73. The van der Waals surface area contributed by atoms with E-state index in [1.54, 1.807) is 0 Å². The molecule has 0 aliphatic heterocycles. The molecular formula is C13H14N2O3. The van der Waals surface area contributed by atoms with Crippen LogP contribution >= 0.6 is 0 Å². The van der Waals surface area contributed by atoms with Crippen molar-refractivity contribution in [2.75, 3.05) is 6.61 Å². The van der Waals surface area contributed by atoms with E-state index in [1.807, 2.05) is 31.2 Å². The van der Waals surface area contributed by atoms with E-state index in [2.05, 4.69) is 9.97 Å². The van der Waals surface area contributed by atoms with E-state index in [9.17, 15) is 4.79 Å². The lowest BCUT2D eigenvalue weighted by Gasteiger charge is -2.04. The minimum Gasteiger partial charge on any atom is -0.494 e. The molecule has 1 heterocycles. The van der Waals surface area contributed by atoms with E-state index in [1.165, 1.54) is 6.33 Å². The van der Waals surface area contributed by atoms with E-state index < -0.39 is 5.97 Å². The van der Waals surface area contributed by atoms with Gasteiger partial charge < -0.3 is 14.8 Å². The van der Waals surface area contributed by atoms with Gasteiger partial charge in [0.05, 0.1) is 30.7 Å². The molecule has 2 rings (SSSR count). The Balaban J connectivity index is 2.25. The molecule has 0 atom stereocenters.